The molecule has 1 heterocycles. The van der Waals surface area contributed by atoms with E-state index < -0.39 is 0 Å². The van der Waals surface area contributed by atoms with E-state index in [1.54, 1.807) is 10.9 Å². The molecule has 1 aliphatic rings. The zero-order chi connectivity index (χ0) is 16.6. The Morgan fingerprint density at radius 3 is 2.78 bits per heavy atom. The van der Waals surface area contributed by atoms with Gasteiger partial charge in [0.1, 0.15) is 5.75 Å². The third-order valence-corrected chi connectivity index (χ3v) is 4.50. The van der Waals surface area contributed by atoms with E-state index in [1.807, 2.05) is 13.2 Å². The van der Waals surface area contributed by atoms with Gasteiger partial charge in [-0.1, -0.05) is 11.6 Å². The number of aromatic hydroxyl groups is 1. The van der Waals surface area contributed by atoms with Gasteiger partial charge in [-0.05, 0) is 37.0 Å². The summed E-state index contributed by atoms with van der Waals surface area (Å²) in [6.45, 7) is 0. The van der Waals surface area contributed by atoms with Crippen LogP contribution < -0.4 is 5.32 Å². The number of phenolic OH excluding ortho intramolecular Hbond substituents is 1. The third-order valence-electron chi connectivity index (χ3n) is 4.20. The van der Waals surface area contributed by atoms with Gasteiger partial charge < -0.3 is 15.5 Å². The maximum atomic E-state index is 12.5. The van der Waals surface area contributed by atoms with Gasteiger partial charge in [0.05, 0.1) is 23.4 Å². The molecule has 23 heavy (non-hydrogen) atoms. The number of aryl methyl sites for hydroxylation is 1. The summed E-state index contributed by atoms with van der Waals surface area (Å²) in [7, 11) is 1.82. The number of nitrogens with zero attached hydrogens (tertiary/aromatic N) is 2. The number of carbonyl (C=O) groups excluding carboxylic acids is 1. The van der Waals surface area contributed by atoms with Crippen molar-refractivity contribution in [2.24, 2.45) is 13.0 Å². The molecule has 1 aliphatic carbocycles. The molecule has 2 aromatic rings. The van der Waals surface area contributed by atoms with Crippen LogP contribution in [0.2, 0.25) is 5.02 Å². The highest BCUT2D eigenvalue weighted by molar-refractivity contribution is 6.32. The lowest BCUT2D eigenvalue weighted by atomic mass is 9.75. The van der Waals surface area contributed by atoms with Crippen LogP contribution in [0.3, 0.4) is 0 Å². The fourth-order valence-electron chi connectivity index (χ4n) is 2.85. The van der Waals surface area contributed by atoms with Gasteiger partial charge in [0.15, 0.2) is 0 Å². The Kier molecular flexibility index (Phi) is 4.28. The number of amides is 1. The van der Waals surface area contributed by atoms with E-state index in [4.69, 9.17) is 11.6 Å². The number of halogens is 1. The lowest BCUT2D eigenvalue weighted by Gasteiger charge is -2.37. The summed E-state index contributed by atoms with van der Waals surface area (Å²) in [5.41, 5.74) is 1.28. The van der Waals surface area contributed by atoms with E-state index in [1.165, 1.54) is 18.2 Å². The van der Waals surface area contributed by atoms with Gasteiger partial charge in [0, 0.05) is 24.4 Å². The lowest BCUT2D eigenvalue weighted by Crippen LogP contribution is -2.41. The Morgan fingerprint density at radius 1 is 1.48 bits per heavy atom. The molecule has 1 fully saturated rings. The number of hydrogen-bond acceptors (Lipinski definition) is 4. The molecular formula is C16H18ClN3O3. The second-order valence-electron chi connectivity index (χ2n) is 5.95. The van der Waals surface area contributed by atoms with Crippen molar-refractivity contribution >= 4 is 17.5 Å². The minimum Gasteiger partial charge on any atom is -0.506 e. The SMILES string of the molecule is Cn1cc([C@H](NC(=O)c2ccc(O)c(Cl)c2)C2CC(O)C2)cn1. The Hall–Kier alpha value is -2.05. The second kappa shape index (κ2) is 6.22. The van der Waals surface area contributed by atoms with Crippen molar-refractivity contribution in [1.29, 1.82) is 0 Å². The number of aliphatic hydroxyl groups is 1. The minimum absolute atomic E-state index is 0.0610. The summed E-state index contributed by atoms with van der Waals surface area (Å²) in [6, 6.07) is 4.13. The highest BCUT2D eigenvalue weighted by Gasteiger charge is 2.36. The highest BCUT2D eigenvalue weighted by atomic mass is 35.5. The van der Waals surface area contributed by atoms with E-state index in [-0.39, 0.29) is 34.7 Å². The molecule has 3 N–H and O–H groups in total. The molecule has 1 atom stereocenters. The van der Waals surface area contributed by atoms with Gasteiger partial charge in [0.25, 0.3) is 5.91 Å². The smallest absolute Gasteiger partial charge is 0.251 e. The number of aliphatic hydroxyl groups excluding tert-OH is 1. The predicted molar refractivity (Wildman–Crippen MR) is 85.3 cm³/mol. The van der Waals surface area contributed by atoms with Crippen LogP contribution in [-0.4, -0.2) is 32.0 Å². The summed E-state index contributed by atoms with van der Waals surface area (Å²) in [5, 5.41) is 26.3. The topological polar surface area (TPSA) is 87.4 Å². The molecule has 1 aromatic carbocycles. The van der Waals surface area contributed by atoms with Crippen LogP contribution >= 0.6 is 11.6 Å². The molecule has 3 rings (SSSR count). The van der Waals surface area contributed by atoms with Crippen LogP contribution in [0.1, 0.15) is 34.8 Å². The molecule has 0 radical (unpaired) electrons. The Balaban J connectivity index is 1.80. The first-order valence-corrected chi connectivity index (χ1v) is 7.78. The van der Waals surface area contributed by atoms with Crippen molar-refractivity contribution in [2.75, 3.05) is 0 Å². The first-order valence-electron chi connectivity index (χ1n) is 7.40. The molecular weight excluding hydrogens is 318 g/mol. The molecule has 6 nitrogen and oxygen atoms in total. The molecule has 0 aliphatic heterocycles. The summed E-state index contributed by atoms with van der Waals surface area (Å²) in [6.07, 6.45) is 4.57. The Bertz CT molecular complexity index is 725. The van der Waals surface area contributed by atoms with Crippen molar-refractivity contribution in [2.45, 2.75) is 25.0 Å². The molecule has 0 saturated heterocycles. The van der Waals surface area contributed by atoms with Crippen LogP contribution in [0.4, 0.5) is 0 Å². The number of phenols is 1. The Labute approximate surface area is 138 Å². The number of benzene rings is 1. The molecule has 0 spiro atoms. The van der Waals surface area contributed by atoms with Gasteiger partial charge >= 0.3 is 0 Å². The normalized spacial score (nSPS) is 21.5. The molecule has 122 valence electrons. The van der Waals surface area contributed by atoms with Gasteiger partial charge in [-0.2, -0.15) is 5.10 Å². The van der Waals surface area contributed by atoms with Crippen molar-refractivity contribution in [1.82, 2.24) is 15.1 Å². The Morgan fingerprint density at radius 2 is 2.22 bits per heavy atom. The number of rotatable bonds is 4. The maximum Gasteiger partial charge on any atom is 0.251 e. The molecule has 1 aromatic heterocycles. The molecule has 1 saturated carbocycles. The van der Waals surface area contributed by atoms with Crippen molar-refractivity contribution in [3.05, 3.63) is 46.7 Å². The second-order valence-corrected chi connectivity index (χ2v) is 6.36. The van der Waals surface area contributed by atoms with Crippen LogP contribution in [0.5, 0.6) is 5.75 Å². The third kappa shape index (κ3) is 3.33. The monoisotopic (exact) mass is 335 g/mol. The summed E-state index contributed by atoms with van der Waals surface area (Å²) in [5.74, 6) is -0.165. The van der Waals surface area contributed by atoms with E-state index in [0.29, 0.717) is 18.4 Å². The largest absolute Gasteiger partial charge is 0.506 e. The zero-order valence-electron chi connectivity index (χ0n) is 12.6. The number of aromatic nitrogens is 2. The number of carbonyl (C=O) groups is 1. The fraction of sp³-hybridized carbons (Fsp3) is 0.375. The lowest BCUT2D eigenvalue weighted by molar-refractivity contribution is 0.0235. The van der Waals surface area contributed by atoms with Crippen LogP contribution in [0.15, 0.2) is 30.6 Å². The predicted octanol–water partition coefficient (Wildman–Crippen LogP) is 2.02. The quantitative estimate of drug-likeness (QED) is 0.797. The average Bonchev–Trinajstić information content (AvgIpc) is 2.91. The van der Waals surface area contributed by atoms with E-state index in [9.17, 15) is 15.0 Å². The summed E-state index contributed by atoms with van der Waals surface area (Å²) < 4.78 is 1.68. The zero-order valence-corrected chi connectivity index (χ0v) is 13.4. The number of hydrogen-bond donors (Lipinski definition) is 3. The standard InChI is InChI=1S/C16H18ClN3O3/c1-20-8-11(7-18-20)15(10-4-12(21)5-10)19-16(23)9-2-3-14(22)13(17)6-9/h2-3,6-8,10,12,15,21-22H,4-5H2,1H3,(H,19,23)/t10?,12?,15-/m1/s1. The van der Waals surface area contributed by atoms with Gasteiger partial charge in [-0.15, -0.1) is 0 Å². The van der Waals surface area contributed by atoms with Crippen molar-refractivity contribution in [3.63, 3.8) is 0 Å². The maximum absolute atomic E-state index is 12.5. The van der Waals surface area contributed by atoms with Crippen LogP contribution in [0.25, 0.3) is 0 Å². The van der Waals surface area contributed by atoms with Crippen LogP contribution in [0, 0.1) is 5.92 Å². The molecule has 7 heteroatoms. The van der Waals surface area contributed by atoms with Crippen molar-refractivity contribution < 1.29 is 15.0 Å². The summed E-state index contributed by atoms with van der Waals surface area (Å²) in [4.78, 5) is 12.5. The van der Waals surface area contributed by atoms with E-state index in [0.717, 1.165) is 5.56 Å². The van der Waals surface area contributed by atoms with Gasteiger partial charge in [0.2, 0.25) is 0 Å². The first kappa shape index (κ1) is 15.8. The molecule has 1 amide bonds. The summed E-state index contributed by atoms with van der Waals surface area (Å²) >= 11 is 5.86. The molecule has 0 unspecified atom stereocenters. The van der Waals surface area contributed by atoms with Crippen molar-refractivity contribution in [3.8, 4) is 5.75 Å². The minimum atomic E-state index is -0.306. The fourth-order valence-corrected chi connectivity index (χ4v) is 3.03. The molecule has 0 bridgehead atoms. The van der Waals surface area contributed by atoms with Gasteiger partial charge in [-0.3, -0.25) is 9.48 Å². The first-order chi connectivity index (χ1) is 10.9. The van der Waals surface area contributed by atoms with Crippen LogP contribution in [-0.2, 0) is 7.05 Å². The van der Waals surface area contributed by atoms with E-state index >= 15 is 0 Å². The average molecular weight is 336 g/mol. The highest BCUT2D eigenvalue weighted by Crippen LogP contribution is 2.38. The number of nitrogens with one attached hydrogen (secondary N) is 1. The van der Waals surface area contributed by atoms with E-state index in [2.05, 4.69) is 10.4 Å². The van der Waals surface area contributed by atoms with Gasteiger partial charge in [-0.25, -0.2) is 0 Å².